The fourth-order valence-corrected chi connectivity index (χ4v) is 4.29. The number of carbonyl (C=O) groups excluding carboxylic acids is 2. The number of anilines is 1. The lowest BCUT2D eigenvalue weighted by Crippen LogP contribution is -2.33. The third-order valence-corrected chi connectivity index (χ3v) is 6.22. The number of aromatic nitrogens is 1. The maximum absolute atomic E-state index is 13.7. The number of nitrogens with one attached hydrogen (secondary N) is 1. The van der Waals surface area contributed by atoms with Crippen molar-refractivity contribution in [2.45, 2.75) is 33.0 Å². The molecule has 0 bridgehead atoms. The van der Waals surface area contributed by atoms with E-state index >= 15 is 0 Å². The standard InChI is InChI=1S/C28H27N3O3S/c1-20(24-9-6-10-25(15-24)30-21(2)32)31(16-22-7-4-3-5-8-22)28(33)23-11-13-27(14-12-23)34-17-26-18-35-19-29-26/h3-15,18-20H,16-17H2,1-2H3,(H,30,32). The second-order valence-electron chi connectivity index (χ2n) is 8.19. The van der Waals surface area contributed by atoms with Crippen molar-refractivity contribution in [3.63, 3.8) is 0 Å². The number of nitrogens with zero attached hydrogens (tertiary/aromatic N) is 2. The van der Waals surface area contributed by atoms with Gasteiger partial charge >= 0.3 is 0 Å². The molecule has 178 valence electrons. The van der Waals surface area contributed by atoms with E-state index in [-0.39, 0.29) is 17.9 Å². The number of hydrogen-bond donors (Lipinski definition) is 1. The Balaban J connectivity index is 1.56. The highest BCUT2D eigenvalue weighted by molar-refractivity contribution is 7.07. The van der Waals surface area contributed by atoms with Crippen LogP contribution in [0.15, 0.2) is 89.8 Å². The molecular formula is C28H27N3O3S. The van der Waals surface area contributed by atoms with Crippen LogP contribution in [-0.2, 0) is 17.9 Å². The zero-order valence-electron chi connectivity index (χ0n) is 19.7. The summed E-state index contributed by atoms with van der Waals surface area (Å²) >= 11 is 1.53. The Morgan fingerprint density at radius 1 is 1.03 bits per heavy atom. The lowest BCUT2D eigenvalue weighted by atomic mass is 10.0. The van der Waals surface area contributed by atoms with Crippen LogP contribution in [0.2, 0.25) is 0 Å². The molecule has 1 unspecified atom stereocenters. The van der Waals surface area contributed by atoms with Crippen molar-refractivity contribution in [3.8, 4) is 5.75 Å². The Kier molecular flexibility index (Phi) is 7.90. The van der Waals surface area contributed by atoms with Crippen LogP contribution in [0.1, 0.15) is 47.1 Å². The molecule has 1 heterocycles. The number of carbonyl (C=O) groups is 2. The van der Waals surface area contributed by atoms with Crippen molar-refractivity contribution in [1.82, 2.24) is 9.88 Å². The lowest BCUT2D eigenvalue weighted by Gasteiger charge is -2.30. The van der Waals surface area contributed by atoms with E-state index in [2.05, 4.69) is 10.3 Å². The maximum Gasteiger partial charge on any atom is 0.254 e. The topological polar surface area (TPSA) is 71.5 Å². The van der Waals surface area contributed by atoms with Crippen LogP contribution >= 0.6 is 11.3 Å². The Hall–Kier alpha value is -3.97. The highest BCUT2D eigenvalue weighted by Gasteiger charge is 2.23. The SMILES string of the molecule is CC(=O)Nc1cccc(C(C)N(Cc2ccccc2)C(=O)c2ccc(OCc3cscn3)cc2)c1. The van der Waals surface area contributed by atoms with Crippen LogP contribution in [0, 0.1) is 0 Å². The van der Waals surface area contributed by atoms with Crippen LogP contribution in [-0.4, -0.2) is 21.7 Å². The van der Waals surface area contributed by atoms with Crippen LogP contribution in [0.4, 0.5) is 5.69 Å². The molecule has 4 aromatic rings. The van der Waals surface area contributed by atoms with Gasteiger partial charge < -0.3 is 15.0 Å². The average Bonchev–Trinajstić information content (AvgIpc) is 3.40. The molecule has 4 rings (SSSR count). The van der Waals surface area contributed by atoms with Crippen LogP contribution in [0.3, 0.4) is 0 Å². The largest absolute Gasteiger partial charge is 0.487 e. The molecule has 0 aliphatic heterocycles. The van der Waals surface area contributed by atoms with Crippen molar-refractivity contribution in [1.29, 1.82) is 0 Å². The fourth-order valence-electron chi connectivity index (χ4n) is 3.75. The lowest BCUT2D eigenvalue weighted by molar-refractivity contribution is -0.114. The second-order valence-corrected chi connectivity index (χ2v) is 8.91. The Morgan fingerprint density at radius 3 is 2.49 bits per heavy atom. The van der Waals surface area contributed by atoms with E-state index in [0.29, 0.717) is 30.2 Å². The van der Waals surface area contributed by atoms with Gasteiger partial charge in [0.15, 0.2) is 0 Å². The molecule has 3 aromatic carbocycles. The maximum atomic E-state index is 13.7. The first-order valence-electron chi connectivity index (χ1n) is 11.3. The highest BCUT2D eigenvalue weighted by atomic mass is 32.1. The van der Waals surface area contributed by atoms with Gasteiger partial charge in [-0.3, -0.25) is 9.59 Å². The average molecular weight is 486 g/mol. The molecule has 0 spiro atoms. The molecule has 0 aliphatic rings. The molecule has 2 amide bonds. The molecule has 35 heavy (non-hydrogen) atoms. The summed E-state index contributed by atoms with van der Waals surface area (Å²) in [7, 11) is 0. The van der Waals surface area contributed by atoms with Gasteiger partial charge in [0, 0.05) is 30.1 Å². The van der Waals surface area contributed by atoms with Crippen molar-refractivity contribution in [3.05, 3.63) is 112 Å². The van der Waals surface area contributed by atoms with E-state index in [9.17, 15) is 9.59 Å². The van der Waals surface area contributed by atoms with Gasteiger partial charge in [0.1, 0.15) is 12.4 Å². The predicted octanol–water partition coefficient (Wildman–Crippen LogP) is 6.08. The smallest absolute Gasteiger partial charge is 0.254 e. The van der Waals surface area contributed by atoms with Crippen molar-refractivity contribution in [2.24, 2.45) is 0 Å². The van der Waals surface area contributed by atoms with E-state index in [1.165, 1.54) is 18.3 Å². The minimum absolute atomic E-state index is 0.0858. The highest BCUT2D eigenvalue weighted by Crippen LogP contribution is 2.27. The monoisotopic (exact) mass is 485 g/mol. The molecule has 1 N–H and O–H groups in total. The molecule has 0 saturated carbocycles. The first kappa shape index (κ1) is 24.2. The van der Waals surface area contributed by atoms with Gasteiger partial charge in [-0.25, -0.2) is 4.98 Å². The van der Waals surface area contributed by atoms with Crippen molar-refractivity contribution >= 4 is 28.8 Å². The molecule has 7 heteroatoms. The Morgan fingerprint density at radius 2 is 1.80 bits per heavy atom. The molecule has 0 saturated heterocycles. The predicted molar refractivity (Wildman–Crippen MR) is 138 cm³/mol. The second kappa shape index (κ2) is 11.4. The quantitative estimate of drug-likeness (QED) is 0.312. The van der Waals surface area contributed by atoms with Gasteiger partial charge in [0.2, 0.25) is 5.91 Å². The number of ether oxygens (including phenoxy) is 1. The first-order valence-corrected chi connectivity index (χ1v) is 12.3. The molecule has 1 atom stereocenters. The third-order valence-electron chi connectivity index (χ3n) is 5.58. The van der Waals surface area contributed by atoms with Crippen molar-refractivity contribution < 1.29 is 14.3 Å². The number of benzene rings is 3. The summed E-state index contributed by atoms with van der Waals surface area (Å²) in [5, 5.41) is 4.76. The first-order chi connectivity index (χ1) is 17.0. The summed E-state index contributed by atoms with van der Waals surface area (Å²) in [5.74, 6) is 0.460. The van der Waals surface area contributed by atoms with Gasteiger partial charge in [-0.2, -0.15) is 0 Å². The minimum Gasteiger partial charge on any atom is -0.487 e. The molecule has 0 fully saturated rings. The van der Waals surface area contributed by atoms with E-state index in [4.69, 9.17) is 4.74 Å². The van der Waals surface area contributed by atoms with E-state index in [1.54, 1.807) is 17.6 Å². The molecule has 0 aliphatic carbocycles. The third kappa shape index (κ3) is 6.55. The van der Waals surface area contributed by atoms with Gasteiger partial charge in [-0.05, 0) is 54.4 Å². The Labute approximate surface area is 209 Å². The summed E-state index contributed by atoms with van der Waals surface area (Å²) in [6, 6.07) is 24.5. The van der Waals surface area contributed by atoms with Crippen LogP contribution in [0.5, 0.6) is 5.75 Å². The number of thiazole rings is 1. The number of hydrogen-bond acceptors (Lipinski definition) is 5. The molecular weight excluding hydrogens is 458 g/mol. The summed E-state index contributed by atoms with van der Waals surface area (Å²) in [6.07, 6.45) is 0. The Bertz CT molecular complexity index is 1260. The van der Waals surface area contributed by atoms with Crippen molar-refractivity contribution in [2.75, 3.05) is 5.32 Å². The summed E-state index contributed by atoms with van der Waals surface area (Å²) < 4.78 is 5.79. The number of rotatable bonds is 9. The normalized spacial score (nSPS) is 11.5. The molecule has 1 aromatic heterocycles. The van der Waals surface area contributed by atoms with Crippen LogP contribution < -0.4 is 10.1 Å². The summed E-state index contributed by atoms with van der Waals surface area (Å²) in [5.41, 5.74) is 5.90. The minimum atomic E-state index is -0.225. The van der Waals surface area contributed by atoms with Gasteiger partial charge in [-0.15, -0.1) is 11.3 Å². The van der Waals surface area contributed by atoms with E-state index in [1.807, 2.05) is 83.9 Å². The zero-order chi connectivity index (χ0) is 24.6. The zero-order valence-corrected chi connectivity index (χ0v) is 20.5. The van der Waals surface area contributed by atoms with E-state index in [0.717, 1.165) is 16.8 Å². The van der Waals surface area contributed by atoms with Gasteiger partial charge in [0.05, 0.1) is 17.2 Å². The van der Waals surface area contributed by atoms with Crippen LogP contribution in [0.25, 0.3) is 0 Å². The van der Waals surface area contributed by atoms with E-state index < -0.39 is 0 Å². The molecule has 6 nitrogen and oxygen atoms in total. The molecule has 0 radical (unpaired) electrons. The van der Waals surface area contributed by atoms with Gasteiger partial charge in [-0.1, -0.05) is 42.5 Å². The number of amides is 2. The summed E-state index contributed by atoms with van der Waals surface area (Å²) in [4.78, 5) is 31.3. The van der Waals surface area contributed by atoms with Gasteiger partial charge in [0.25, 0.3) is 5.91 Å². The fraction of sp³-hybridized carbons (Fsp3) is 0.179. The summed E-state index contributed by atoms with van der Waals surface area (Å²) in [6.45, 7) is 4.32.